The molecular weight excluding hydrogens is 346 g/mol. The number of hydrogen-bond acceptors (Lipinski definition) is 5. The first kappa shape index (κ1) is 19.0. The number of anilines is 1. The lowest BCUT2D eigenvalue weighted by molar-refractivity contribution is 0.0520. The molecule has 1 aliphatic heterocycles. The summed E-state index contributed by atoms with van der Waals surface area (Å²) < 4.78 is 16.4. The molecule has 1 aromatic heterocycles. The fourth-order valence-electron chi connectivity index (χ4n) is 2.93. The van der Waals surface area contributed by atoms with Crippen LogP contribution in [0.2, 0.25) is 0 Å². The van der Waals surface area contributed by atoms with E-state index >= 15 is 0 Å². The monoisotopic (exact) mass is 371 g/mol. The molecule has 27 heavy (non-hydrogen) atoms. The van der Waals surface area contributed by atoms with Crippen LogP contribution in [0.1, 0.15) is 19.3 Å². The zero-order valence-electron chi connectivity index (χ0n) is 15.4. The first-order valence-corrected chi connectivity index (χ1v) is 9.14. The Balaban J connectivity index is 1.45. The highest BCUT2D eigenvalue weighted by molar-refractivity contribution is 5.88. The van der Waals surface area contributed by atoms with Crippen LogP contribution >= 0.6 is 0 Å². The molecule has 2 N–H and O–H groups in total. The number of benzene rings is 1. The van der Waals surface area contributed by atoms with Crippen LogP contribution in [0.3, 0.4) is 0 Å². The Kier molecular flexibility index (Phi) is 6.87. The molecule has 1 fully saturated rings. The minimum atomic E-state index is -0.244. The van der Waals surface area contributed by atoms with E-state index in [9.17, 15) is 4.79 Å². The van der Waals surface area contributed by atoms with Crippen molar-refractivity contribution in [2.75, 3.05) is 32.2 Å². The third-order valence-corrected chi connectivity index (χ3v) is 4.37. The normalized spacial score (nSPS) is 16.4. The summed E-state index contributed by atoms with van der Waals surface area (Å²) in [5.41, 5.74) is 0.598. The number of methoxy groups -OCH3 is 1. The summed E-state index contributed by atoms with van der Waals surface area (Å²) in [6.07, 6.45) is 4.75. The molecule has 0 radical (unpaired) electrons. The Hall–Kier alpha value is -2.80. The van der Waals surface area contributed by atoms with Gasteiger partial charge in [0.25, 0.3) is 0 Å². The minimum Gasteiger partial charge on any atom is -0.493 e. The number of carbonyl (C=O) groups is 1. The van der Waals surface area contributed by atoms with Crippen molar-refractivity contribution in [2.24, 2.45) is 5.92 Å². The number of carbonyl (C=O) groups excluding carboxylic acids is 1. The highest BCUT2D eigenvalue weighted by Gasteiger charge is 2.14. The summed E-state index contributed by atoms with van der Waals surface area (Å²) in [4.78, 5) is 16.2. The van der Waals surface area contributed by atoms with Crippen molar-refractivity contribution < 1.29 is 19.0 Å². The summed E-state index contributed by atoms with van der Waals surface area (Å²) in [6.45, 7) is 2.28. The smallest absolute Gasteiger partial charge is 0.319 e. The molecule has 2 aromatic rings. The molecule has 0 saturated carbocycles. The van der Waals surface area contributed by atoms with Crippen molar-refractivity contribution in [3.05, 3.63) is 42.6 Å². The number of amides is 2. The third-order valence-electron chi connectivity index (χ3n) is 4.37. The van der Waals surface area contributed by atoms with E-state index in [-0.39, 0.29) is 6.03 Å². The Morgan fingerprint density at radius 1 is 1.26 bits per heavy atom. The molecule has 1 saturated heterocycles. The molecular formula is C20H25N3O4. The minimum absolute atomic E-state index is 0.244. The first-order valence-electron chi connectivity index (χ1n) is 9.14. The van der Waals surface area contributed by atoms with Gasteiger partial charge in [-0.15, -0.1) is 0 Å². The average molecular weight is 371 g/mol. The van der Waals surface area contributed by atoms with Crippen LogP contribution in [0.5, 0.6) is 17.4 Å². The van der Waals surface area contributed by atoms with Crippen LogP contribution in [0.4, 0.5) is 10.5 Å². The summed E-state index contributed by atoms with van der Waals surface area (Å²) in [6, 6.07) is 10.5. The molecule has 144 valence electrons. The molecule has 0 aliphatic carbocycles. The van der Waals surface area contributed by atoms with Gasteiger partial charge in [0.05, 0.1) is 19.0 Å². The molecule has 1 aromatic carbocycles. The predicted molar refractivity (Wildman–Crippen MR) is 102 cm³/mol. The van der Waals surface area contributed by atoms with E-state index in [1.165, 1.54) is 6.42 Å². The number of hydrogen-bond donors (Lipinski definition) is 2. The largest absolute Gasteiger partial charge is 0.493 e. The Labute approximate surface area is 159 Å². The summed E-state index contributed by atoms with van der Waals surface area (Å²) in [5.74, 6) is 2.16. The summed E-state index contributed by atoms with van der Waals surface area (Å²) in [5, 5.41) is 5.64. The Bertz CT molecular complexity index is 730. The summed E-state index contributed by atoms with van der Waals surface area (Å²) in [7, 11) is 1.59. The van der Waals surface area contributed by atoms with Gasteiger partial charge >= 0.3 is 6.03 Å². The van der Waals surface area contributed by atoms with E-state index in [0.717, 1.165) is 26.1 Å². The SMILES string of the molecule is COc1ccccc1Oc1ccc(NC(=O)NCC[C@@H]2CCCOC2)cn1. The second-order valence-electron chi connectivity index (χ2n) is 6.39. The average Bonchev–Trinajstić information content (AvgIpc) is 2.71. The molecule has 0 spiro atoms. The fraction of sp³-hybridized carbons (Fsp3) is 0.400. The number of para-hydroxylation sites is 2. The van der Waals surface area contributed by atoms with Crippen LogP contribution in [0, 0.1) is 5.92 Å². The number of pyridine rings is 1. The molecule has 2 heterocycles. The first-order chi connectivity index (χ1) is 13.2. The second kappa shape index (κ2) is 9.78. The zero-order chi connectivity index (χ0) is 18.9. The Morgan fingerprint density at radius 2 is 2.11 bits per heavy atom. The van der Waals surface area contributed by atoms with E-state index in [1.807, 2.05) is 18.2 Å². The lowest BCUT2D eigenvalue weighted by atomic mass is 9.99. The lowest BCUT2D eigenvalue weighted by Crippen LogP contribution is -2.31. The molecule has 1 aliphatic rings. The number of ether oxygens (including phenoxy) is 3. The van der Waals surface area contributed by atoms with Gasteiger partial charge in [-0.1, -0.05) is 12.1 Å². The van der Waals surface area contributed by atoms with Gasteiger partial charge in [-0.3, -0.25) is 0 Å². The summed E-state index contributed by atoms with van der Waals surface area (Å²) >= 11 is 0. The number of aromatic nitrogens is 1. The van der Waals surface area contributed by atoms with E-state index in [4.69, 9.17) is 14.2 Å². The number of nitrogens with one attached hydrogen (secondary N) is 2. The predicted octanol–water partition coefficient (Wildman–Crippen LogP) is 3.82. The number of nitrogens with zero attached hydrogens (tertiary/aromatic N) is 1. The zero-order valence-corrected chi connectivity index (χ0v) is 15.4. The molecule has 0 bridgehead atoms. The van der Waals surface area contributed by atoms with Crippen molar-refractivity contribution in [3.8, 4) is 17.4 Å². The Morgan fingerprint density at radius 3 is 2.81 bits per heavy atom. The standard InChI is InChI=1S/C20H25N3O4/c1-25-17-6-2-3-7-18(17)27-19-9-8-16(13-22-19)23-20(24)21-11-10-15-5-4-12-26-14-15/h2-3,6-9,13,15H,4-5,10-12,14H2,1H3,(H2,21,23,24)/t15-/m0/s1. The van der Waals surface area contributed by atoms with Gasteiger partial charge in [-0.25, -0.2) is 9.78 Å². The van der Waals surface area contributed by atoms with Gasteiger partial charge in [-0.05, 0) is 43.4 Å². The lowest BCUT2D eigenvalue weighted by Gasteiger charge is -2.21. The molecule has 0 unspecified atom stereocenters. The van der Waals surface area contributed by atoms with Gasteiger partial charge in [-0.2, -0.15) is 0 Å². The highest BCUT2D eigenvalue weighted by atomic mass is 16.5. The number of urea groups is 1. The van der Waals surface area contributed by atoms with Crippen LogP contribution in [-0.2, 0) is 4.74 Å². The van der Waals surface area contributed by atoms with Gasteiger partial charge in [0, 0.05) is 25.8 Å². The number of rotatable bonds is 7. The molecule has 3 rings (SSSR count). The van der Waals surface area contributed by atoms with E-state index in [1.54, 1.807) is 31.5 Å². The van der Waals surface area contributed by atoms with E-state index in [0.29, 0.717) is 35.5 Å². The fourth-order valence-corrected chi connectivity index (χ4v) is 2.93. The maximum Gasteiger partial charge on any atom is 0.319 e. The maximum absolute atomic E-state index is 12.0. The quantitative estimate of drug-likeness (QED) is 0.773. The molecule has 2 amide bonds. The molecule has 1 atom stereocenters. The van der Waals surface area contributed by atoms with Gasteiger partial charge in [0.2, 0.25) is 5.88 Å². The third kappa shape index (κ3) is 5.86. The van der Waals surface area contributed by atoms with Crippen molar-refractivity contribution in [3.63, 3.8) is 0 Å². The van der Waals surface area contributed by atoms with Crippen LogP contribution in [0.15, 0.2) is 42.6 Å². The van der Waals surface area contributed by atoms with Crippen molar-refractivity contribution in [1.82, 2.24) is 10.3 Å². The topological polar surface area (TPSA) is 81.7 Å². The molecule has 7 nitrogen and oxygen atoms in total. The van der Waals surface area contributed by atoms with Crippen molar-refractivity contribution >= 4 is 11.7 Å². The molecule has 7 heteroatoms. The highest BCUT2D eigenvalue weighted by Crippen LogP contribution is 2.30. The second-order valence-corrected chi connectivity index (χ2v) is 6.39. The van der Waals surface area contributed by atoms with Crippen molar-refractivity contribution in [2.45, 2.75) is 19.3 Å². The van der Waals surface area contributed by atoms with Gasteiger partial charge in [0.15, 0.2) is 11.5 Å². The van der Waals surface area contributed by atoms with Crippen LogP contribution in [-0.4, -0.2) is 37.9 Å². The van der Waals surface area contributed by atoms with Crippen LogP contribution < -0.4 is 20.1 Å². The van der Waals surface area contributed by atoms with Gasteiger partial charge in [0.1, 0.15) is 0 Å². The maximum atomic E-state index is 12.0. The van der Waals surface area contributed by atoms with E-state index < -0.39 is 0 Å². The van der Waals surface area contributed by atoms with Gasteiger partial charge < -0.3 is 24.8 Å². The van der Waals surface area contributed by atoms with Crippen molar-refractivity contribution in [1.29, 1.82) is 0 Å². The van der Waals surface area contributed by atoms with Crippen LogP contribution in [0.25, 0.3) is 0 Å². The van der Waals surface area contributed by atoms with E-state index in [2.05, 4.69) is 15.6 Å².